The van der Waals surface area contributed by atoms with Gasteiger partial charge in [0.25, 0.3) is 0 Å². The van der Waals surface area contributed by atoms with E-state index in [1.165, 1.54) is 0 Å². The number of β-amino-alcohol motifs (C(OH)–C–C–N with tert-alkyl or cyclic N) is 1. The van der Waals surface area contributed by atoms with Gasteiger partial charge in [-0.3, -0.25) is 9.78 Å². The first-order chi connectivity index (χ1) is 7.75. The summed E-state index contributed by atoms with van der Waals surface area (Å²) in [6.45, 7) is 1.17. The van der Waals surface area contributed by atoms with Crippen molar-refractivity contribution < 1.29 is 9.90 Å². The van der Waals surface area contributed by atoms with E-state index in [0.717, 1.165) is 5.69 Å². The molecule has 0 aromatic carbocycles. The van der Waals surface area contributed by atoms with Crippen molar-refractivity contribution in [2.24, 2.45) is 0 Å². The Kier molecular flexibility index (Phi) is 3.51. The molecule has 1 aromatic rings. The Morgan fingerprint density at radius 3 is 3.06 bits per heavy atom. The minimum absolute atomic E-state index is 0.113. The molecular weight excluding hydrogens is 204 g/mol. The zero-order valence-electron chi connectivity index (χ0n) is 9.17. The van der Waals surface area contributed by atoms with Crippen molar-refractivity contribution >= 4 is 5.91 Å². The van der Waals surface area contributed by atoms with Crippen molar-refractivity contribution in [3.63, 3.8) is 0 Å². The van der Waals surface area contributed by atoms with Crippen LogP contribution in [0.15, 0.2) is 24.4 Å². The topological polar surface area (TPSA) is 53.4 Å². The van der Waals surface area contributed by atoms with Crippen LogP contribution in [0.1, 0.15) is 18.5 Å². The zero-order valence-corrected chi connectivity index (χ0v) is 9.17. The van der Waals surface area contributed by atoms with Gasteiger partial charge in [-0.05, 0) is 25.0 Å². The van der Waals surface area contributed by atoms with E-state index in [2.05, 4.69) is 4.98 Å². The first-order valence-corrected chi connectivity index (χ1v) is 5.61. The Labute approximate surface area is 94.9 Å². The maximum atomic E-state index is 11.8. The summed E-state index contributed by atoms with van der Waals surface area (Å²) in [5.74, 6) is 0.113. The summed E-state index contributed by atoms with van der Waals surface area (Å²) in [5.41, 5.74) is 0.940. The maximum absolute atomic E-state index is 11.8. The average Bonchev–Trinajstić information content (AvgIpc) is 2.74. The number of aromatic nitrogens is 1. The molecule has 2 rings (SSSR count). The number of aliphatic hydroxyl groups is 1. The second-order valence-electron chi connectivity index (χ2n) is 4.10. The van der Waals surface area contributed by atoms with Crippen molar-refractivity contribution in [1.29, 1.82) is 0 Å². The van der Waals surface area contributed by atoms with E-state index in [0.29, 0.717) is 32.4 Å². The van der Waals surface area contributed by atoms with Gasteiger partial charge in [-0.25, -0.2) is 0 Å². The smallest absolute Gasteiger partial charge is 0.223 e. The number of carbonyl (C=O) groups excluding carboxylic acids is 1. The van der Waals surface area contributed by atoms with Crippen LogP contribution in [0.25, 0.3) is 0 Å². The van der Waals surface area contributed by atoms with Crippen LogP contribution in [0.5, 0.6) is 0 Å². The lowest BCUT2D eigenvalue weighted by Gasteiger charge is -2.14. The number of hydrogen-bond acceptors (Lipinski definition) is 3. The number of pyridine rings is 1. The second-order valence-corrected chi connectivity index (χ2v) is 4.10. The van der Waals surface area contributed by atoms with Gasteiger partial charge in [0.1, 0.15) is 0 Å². The maximum Gasteiger partial charge on any atom is 0.223 e. The lowest BCUT2D eigenvalue weighted by Crippen LogP contribution is -2.29. The molecule has 0 radical (unpaired) electrons. The molecule has 86 valence electrons. The van der Waals surface area contributed by atoms with E-state index in [1.807, 2.05) is 18.2 Å². The minimum Gasteiger partial charge on any atom is -0.391 e. The van der Waals surface area contributed by atoms with Crippen molar-refractivity contribution in [1.82, 2.24) is 9.88 Å². The molecule has 1 amide bonds. The van der Waals surface area contributed by atoms with E-state index in [1.54, 1.807) is 11.1 Å². The van der Waals surface area contributed by atoms with Crippen molar-refractivity contribution in [2.75, 3.05) is 13.1 Å². The number of likely N-dealkylation sites (tertiary alicyclic amines) is 1. The minimum atomic E-state index is -0.334. The number of amides is 1. The first kappa shape index (κ1) is 11.1. The van der Waals surface area contributed by atoms with Crippen LogP contribution >= 0.6 is 0 Å². The normalized spacial score (nSPS) is 20.1. The van der Waals surface area contributed by atoms with Crippen molar-refractivity contribution in [3.8, 4) is 0 Å². The van der Waals surface area contributed by atoms with Gasteiger partial charge in [0, 0.05) is 31.4 Å². The third-order valence-corrected chi connectivity index (χ3v) is 2.84. The fraction of sp³-hybridized carbons (Fsp3) is 0.500. The summed E-state index contributed by atoms with van der Waals surface area (Å²) in [4.78, 5) is 17.7. The number of hydrogen-bond donors (Lipinski definition) is 1. The van der Waals surface area contributed by atoms with Crippen molar-refractivity contribution in [2.45, 2.75) is 25.4 Å². The number of carbonyl (C=O) groups is 1. The zero-order chi connectivity index (χ0) is 11.4. The molecule has 1 aromatic heterocycles. The molecule has 1 aliphatic rings. The quantitative estimate of drug-likeness (QED) is 0.812. The molecule has 16 heavy (non-hydrogen) atoms. The fourth-order valence-electron chi connectivity index (χ4n) is 1.91. The Morgan fingerprint density at radius 1 is 1.56 bits per heavy atom. The highest BCUT2D eigenvalue weighted by Gasteiger charge is 2.23. The molecule has 4 nitrogen and oxygen atoms in total. The molecule has 1 aliphatic heterocycles. The third-order valence-electron chi connectivity index (χ3n) is 2.84. The largest absolute Gasteiger partial charge is 0.391 e. The van der Waals surface area contributed by atoms with Gasteiger partial charge < -0.3 is 10.0 Å². The predicted octanol–water partition coefficient (Wildman–Crippen LogP) is 0.607. The van der Waals surface area contributed by atoms with Crippen LogP contribution in [0.3, 0.4) is 0 Å². The summed E-state index contributed by atoms with van der Waals surface area (Å²) in [7, 11) is 0. The van der Waals surface area contributed by atoms with Gasteiger partial charge in [-0.2, -0.15) is 0 Å². The number of aliphatic hydroxyl groups excluding tert-OH is 1. The molecule has 1 saturated heterocycles. The predicted molar refractivity (Wildman–Crippen MR) is 59.8 cm³/mol. The Hall–Kier alpha value is -1.42. The van der Waals surface area contributed by atoms with Gasteiger partial charge >= 0.3 is 0 Å². The summed E-state index contributed by atoms with van der Waals surface area (Å²) < 4.78 is 0. The number of aryl methyl sites for hydroxylation is 1. The number of rotatable bonds is 3. The van der Waals surface area contributed by atoms with Gasteiger partial charge in [0.05, 0.1) is 6.10 Å². The molecule has 2 heterocycles. The highest BCUT2D eigenvalue weighted by Crippen LogP contribution is 2.11. The molecule has 1 N–H and O–H groups in total. The molecular formula is C12H16N2O2. The number of nitrogens with zero attached hydrogens (tertiary/aromatic N) is 2. The standard InChI is InChI=1S/C12H16N2O2/c15-11-6-8-14(9-11)12(16)5-4-10-3-1-2-7-13-10/h1-3,7,11,15H,4-6,8-9H2/t11-/m0/s1. The average molecular weight is 220 g/mol. The molecule has 4 heteroatoms. The van der Waals surface area contributed by atoms with Crippen molar-refractivity contribution in [3.05, 3.63) is 30.1 Å². The highest BCUT2D eigenvalue weighted by atomic mass is 16.3. The Morgan fingerprint density at radius 2 is 2.44 bits per heavy atom. The molecule has 0 bridgehead atoms. The molecule has 0 aliphatic carbocycles. The van der Waals surface area contributed by atoms with Crippen LogP contribution in [-0.4, -0.2) is 40.1 Å². The van der Waals surface area contributed by atoms with Crippen LogP contribution in [-0.2, 0) is 11.2 Å². The first-order valence-electron chi connectivity index (χ1n) is 5.61. The summed E-state index contributed by atoms with van der Waals surface area (Å²) in [6.07, 6.45) is 3.25. The Balaban J connectivity index is 1.80. The SMILES string of the molecule is O=C(CCc1ccccn1)N1CC[C@H](O)C1. The van der Waals surface area contributed by atoms with E-state index < -0.39 is 0 Å². The van der Waals surface area contributed by atoms with Gasteiger partial charge in [-0.15, -0.1) is 0 Å². The fourth-order valence-corrected chi connectivity index (χ4v) is 1.91. The van der Waals surface area contributed by atoms with Crippen LogP contribution in [0.4, 0.5) is 0 Å². The summed E-state index contributed by atoms with van der Waals surface area (Å²) >= 11 is 0. The summed E-state index contributed by atoms with van der Waals surface area (Å²) in [6, 6.07) is 5.71. The molecule has 0 unspecified atom stereocenters. The van der Waals surface area contributed by atoms with Gasteiger partial charge in [0.2, 0.25) is 5.91 Å². The van der Waals surface area contributed by atoms with E-state index in [-0.39, 0.29) is 12.0 Å². The van der Waals surface area contributed by atoms with Crippen LogP contribution < -0.4 is 0 Å². The third kappa shape index (κ3) is 2.79. The van der Waals surface area contributed by atoms with Crippen LogP contribution in [0, 0.1) is 0 Å². The second kappa shape index (κ2) is 5.07. The highest BCUT2D eigenvalue weighted by molar-refractivity contribution is 5.76. The molecule has 0 spiro atoms. The lowest BCUT2D eigenvalue weighted by atomic mass is 10.2. The van der Waals surface area contributed by atoms with E-state index >= 15 is 0 Å². The molecule has 1 atom stereocenters. The van der Waals surface area contributed by atoms with Gasteiger partial charge in [0.15, 0.2) is 0 Å². The van der Waals surface area contributed by atoms with Gasteiger partial charge in [-0.1, -0.05) is 6.07 Å². The van der Waals surface area contributed by atoms with E-state index in [9.17, 15) is 9.90 Å². The summed E-state index contributed by atoms with van der Waals surface area (Å²) in [5, 5.41) is 9.33. The monoisotopic (exact) mass is 220 g/mol. The van der Waals surface area contributed by atoms with Crippen LogP contribution in [0.2, 0.25) is 0 Å². The van der Waals surface area contributed by atoms with E-state index in [4.69, 9.17) is 0 Å². The Bertz CT molecular complexity index is 353. The lowest BCUT2D eigenvalue weighted by molar-refractivity contribution is -0.130. The molecule has 1 fully saturated rings. The molecule has 0 saturated carbocycles.